The molecule has 0 radical (unpaired) electrons. The Morgan fingerprint density at radius 3 is 1.32 bits per heavy atom. The highest BCUT2D eigenvalue weighted by molar-refractivity contribution is 5.75. The van der Waals surface area contributed by atoms with E-state index in [1.54, 1.807) is 0 Å². The number of carbonyl (C=O) groups excluding carboxylic acids is 2. The fraction of sp³-hybridized carbons (Fsp3) is 0.857. The third kappa shape index (κ3) is 18.8. The van der Waals surface area contributed by atoms with Gasteiger partial charge in [0.2, 0.25) is 11.8 Å². The molecule has 11 heteroatoms. The van der Waals surface area contributed by atoms with Gasteiger partial charge in [-0.15, -0.1) is 0 Å². The Morgan fingerprint density at radius 1 is 0.600 bits per heavy atom. The molecule has 0 aromatic rings. The summed E-state index contributed by atoms with van der Waals surface area (Å²) in [6, 6.07) is 0. The summed E-state index contributed by atoms with van der Waals surface area (Å²) in [5.41, 5.74) is 4.13. The van der Waals surface area contributed by atoms with E-state index in [1.807, 2.05) is 0 Å². The maximum atomic E-state index is 10.8. The molecule has 8 N–H and O–H groups in total. The maximum Gasteiger partial charge on any atom is 0.235 e. The topological polar surface area (TPSA) is 162 Å². The number of carbonyl (C=O) groups is 2. The van der Waals surface area contributed by atoms with Crippen LogP contribution in [-0.2, 0) is 23.8 Å². The number of amides is 2. The summed E-state index contributed by atoms with van der Waals surface area (Å²) in [4.78, 5) is 21.7. The minimum Gasteiger partial charge on any atom is -0.378 e. The molecule has 0 saturated carbocycles. The molecule has 0 heterocycles. The molecule has 0 aliphatic rings. The van der Waals surface area contributed by atoms with E-state index in [-0.39, 0.29) is 11.8 Å². The average molecular weight is 364 g/mol. The number of ether oxygens (including phenoxy) is 3. The largest absolute Gasteiger partial charge is 0.378 e. The van der Waals surface area contributed by atoms with Crippen molar-refractivity contribution in [1.29, 1.82) is 0 Å². The Morgan fingerprint density at radius 2 is 0.960 bits per heavy atom. The van der Waals surface area contributed by atoms with Gasteiger partial charge in [0.05, 0.1) is 39.6 Å². The first-order valence-corrected chi connectivity index (χ1v) is 8.34. The Balaban J connectivity index is 3.05. The van der Waals surface area contributed by atoms with Gasteiger partial charge in [0.15, 0.2) is 0 Å². The van der Waals surface area contributed by atoms with Gasteiger partial charge >= 0.3 is 0 Å². The predicted molar refractivity (Wildman–Crippen MR) is 92.1 cm³/mol. The van der Waals surface area contributed by atoms with Crippen molar-refractivity contribution >= 4 is 11.8 Å². The van der Waals surface area contributed by atoms with Crippen molar-refractivity contribution in [3.63, 3.8) is 0 Å². The summed E-state index contributed by atoms with van der Waals surface area (Å²) in [6.07, 6.45) is 0.691. The lowest BCUT2D eigenvalue weighted by molar-refractivity contribution is -0.121. The third-order valence-corrected chi connectivity index (χ3v) is 2.97. The number of nitrogens with one attached hydrogen (secondary N) is 4. The molecular weight excluding hydrogens is 332 g/mol. The maximum absolute atomic E-state index is 10.8. The molecule has 2 amide bonds. The SMILES string of the molecule is NNC(=O)CCNCCOCCOCCOCCNCCC(=O)NN. The molecule has 11 nitrogen and oxygen atoms in total. The number of hydrogen-bond donors (Lipinski definition) is 6. The highest BCUT2D eigenvalue weighted by Crippen LogP contribution is 1.82. The van der Waals surface area contributed by atoms with Gasteiger partial charge in [0, 0.05) is 39.0 Å². The van der Waals surface area contributed by atoms with Gasteiger partial charge in [-0.1, -0.05) is 0 Å². The first-order valence-electron chi connectivity index (χ1n) is 8.34. The molecule has 0 bridgehead atoms. The lowest BCUT2D eigenvalue weighted by Crippen LogP contribution is -2.33. The Labute approximate surface area is 148 Å². The summed E-state index contributed by atoms with van der Waals surface area (Å²) < 4.78 is 16.1. The van der Waals surface area contributed by atoms with Crippen LogP contribution in [0.5, 0.6) is 0 Å². The Hall–Kier alpha value is -1.34. The average Bonchev–Trinajstić information content (AvgIpc) is 2.63. The fourth-order valence-electron chi connectivity index (χ4n) is 1.63. The minimum atomic E-state index is -0.196. The molecule has 0 aromatic heterocycles. The number of nitrogens with two attached hydrogens (primary N) is 2. The van der Waals surface area contributed by atoms with Crippen molar-refractivity contribution in [2.24, 2.45) is 11.7 Å². The number of hydrogen-bond acceptors (Lipinski definition) is 9. The van der Waals surface area contributed by atoms with E-state index in [9.17, 15) is 9.59 Å². The van der Waals surface area contributed by atoms with Crippen molar-refractivity contribution in [3.05, 3.63) is 0 Å². The highest BCUT2D eigenvalue weighted by atomic mass is 16.5. The molecule has 0 saturated heterocycles. The molecule has 0 atom stereocenters. The fourth-order valence-corrected chi connectivity index (χ4v) is 1.63. The molecule has 0 aromatic carbocycles. The lowest BCUT2D eigenvalue weighted by Gasteiger charge is -2.08. The standard InChI is InChI=1S/C14H32N6O5/c15-19-13(21)1-3-17-5-7-23-9-11-25-12-10-24-8-6-18-4-2-14(22)20-16/h17-18H,1-12,15-16H2,(H,19,21)(H,20,22). The summed E-state index contributed by atoms with van der Waals surface area (Å²) in [5, 5.41) is 6.13. The van der Waals surface area contributed by atoms with E-state index in [0.717, 1.165) is 0 Å². The van der Waals surface area contributed by atoms with Crippen molar-refractivity contribution in [1.82, 2.24) is 21.5 Å². The van der Waals surface area contributed by atoms with E-state index in [4.69, 9.17) is 25.9 Å². The van der Waals surface area contributed by atoms with E-state index in [0.29, 0.717) is 78.7 Å². The van der Waals surface area contributed by atoms with Crippen molar-refractivity contribution in [2.75, 3.05) is 65.8 Å². The van der Waals surface area contributed by atoms with Gasteiger partial charge < -0.3 is 24.8 Å². The van der Waals surface area contributed by atoms with E-state index in [2.05, 4.69) is 21.5 Å². The monoisotopic (exact) mass is 364 g/mol. The highest BCUT2D eigenvalue weighted by Gasteiger charge is 1.97. The van der Waals surface area contributed by atoms with Crippen LogP contribution in [0.1, 0.15) is 12.8 Å². The van der Waals surface area contributed by atoms with Gasteiger partial charge in [-0.2, -0.15) is 0 Å². The molecule has 0 unspecified atom stereocenters. The molecule has 0 aliphatic heterocycles. The second-order valence-electron chi connectivity index (χ2n) is 4.97. The van der Waals surface area contributed by atoms with Crippen LogP contribution in [-0.4, -0.2) is 77.6 Å². The Bertz CT molecular complexity index is 305. The smallest absolute Gasteiger partial charge is 0.235 e. The first kappa shape index (κ1) is 23.7. The van der Waals surface area contributed by atoms with Crippen molar-refractivity contribution < 1.29 is 23.8 Å². The van der Waals surface area contributed by atoms with Gasteiger partial charge in [0.1, 0.15) is 0 Å². The zero-order valence-corrected chi connectivity index (χ0v) is 14.7. The second-order valence-corrected chi connectivity index (χ2v) is 4.97. The predicted octanol–water partition coefficient (Wildman–Crippen LogP) is -3.02. The zero-order chi connectivity index (χ0) is 18.6. The Kier molecular flexibility index (Phi) is 18.0. The summed E-state index contributed by atoms with van der Waals surface area (Å²) in [6.45, 7) is 5.60. The normalized spacial score (nSPS) is 10.6. The molecular formula is C14H32N6O5. The summed E-state index contributed by atoms with van der Waals surface area (Å²) in [5.74, 6) is 9.53. The van der Waals surface area contributed by atoms with Crippen LogP contribution in [0.2, 0.25) is 0 Å². The third-order valence-electron chi connectivity index (χ3n) is 2.97. The van der Waals surface area contributed by atoms with Crippen LogP contribution in [0.15, 0.2) is 0 Å². The molecule has 0 spiro atoms. The number of rotatable bonds is 18. The van der Waals surface area contributed by atoms with Crippen LogP contribution >= 0.6 is 0 Å². The second kappa shape index (κ2) is 19.0. The molecule has 0 rings (SSSR count). The molecule has 25 heavy (non-hydrogen) atoms. The van der Waals surface area contributed by atoms with Crippen LogP contribution in [0.4, 0.5) is 0 Å². The summed E-state index contributed by atoms with van der Waals surface area (Å²) >= 11 is 0. The van der Waals surface area contributed by atoms with Gasteiger partial charge in [-0.3, -0.25) is 20.4 Å². The van der Waals surface area contributed by atoms with E-state index in [1.165, 1.54) is 0 Å². The quantitative estimate of drug-likeness (QED) is 0.0643. The van der Waals surface area contributed by atoms with E-state index < -0.39 is 0 Å². The summed E-state index contributed by atoms with van der Waals surface area (Å²) in [7, 11) is 0. The van der Waals surface area contributed by atoms with Gasteiger partial charge in [-0.05, 0) is 0 Å². The van der Waals surface area contributed by atoms with Crippen LogP contribution < -0.4 is 33.2 Å². The minimum absolute atomic E-state index is 0.196. The number of hydrazine groups is 2. The van der Waals surface area contributed by atoms with Crippen LogP contribution in [0, 0.1) is 0 Å². The first-order chi connectivity index (χ1) is 12.2. The molecule has 148 valence electrons. The van der Waals surface area contributed by atoms with Crippen molar-refractivity contribution in [2.45, 2.75) is 12.8 Å². The van der Waals surface area contributed by atoms with Gasteiger partial charge in [0.25, 0.3) is 0 Å². The van der Waals surface area contributed by atoms with Crippen LogP contribution in [0.3, 0.4) is 0 Å². The van der Waals surface area contributed by atoms with Crippen LogP contribution in [0.25, 0.3) is 0 Å². The zero-order valence-electron chi connectivity index (χ0n) is 14.7. The van der Waals surface area contributed by atoms with Crippen molar-refractivity contribution in [3.8, 4) is 0 Å². The lowest BCUT2D eigenvalue weighted by atomic mass is 10.4. The molecule has 0 fully saturated rings. The van der Waals surface area contributed by atoms with E-state index >= 15 is 0 Å². The van der Waals surface area contributed by atoms with Gasteiger partial charge in [-0.25, -0.2) is 11.7 Å². The molecule has 0 aliphatic carbocycles.